The fourth-order valence-electron chi connectivity index (χ4n) is 2.74. The van der Waals surface area contributed by atoms with E-state index in [1.807, 2.05) is 21.1 Å². The van der Waals surface area contributed by atoms with Gasteiger partial charge in [-0.15, -0.1) is 5.76 Å². The fraction of sp³-hybridized carbons (Fsp3) is 0.444. The van der Waals surface area contributed by atoms with Gasteiger partial charge in [-0.2, -0.15) is 0 Å². The number of esters is 1. The van der Waals surface area contributed by atoms with E-state index in [0.29, 0.717) is 10.0 Å². The zero-order valence-corrected chi connectivity index (χ0v) is 15.8. The minimum absolute atomic E-state index is 0.0651. The van der Waals surface area contributed by atoms with E-state index in [-0.39, 0.29) is 42.9 Å². The van der Waals surface area contributed by atoms with Gasteiger partial charge in [-0.1, -0.05) is 6.92 Å². The SMILES string of the molecule is CC/C([O-])=C(\C(=O)OCc1ccc([N+](=O)[O-])cc1)N1C(=O)CC1[N+](C)(C)C. The van der Waals surface area contributed by atoms with Gasteiger partial charge in [0.1, 0.15) is 18.7 Å². The summed E-state index contributed by atoms with van der Waals surface area (Å²) in [5.41, 5.74) is 0.208. The van der Waals surface area contributed by atoms with Crippen LogP contribution >= 0.6 is 0 Å². The maximum absolute atomic E-state index is 12.6. The van der Waals surface area contributed by atoms with E-state index in [2.05, 4.69) is 0 Å². The molecule has 9 heteroatoms. The van der Waals surface area contributed by atoms with Crippen molar-refractivity contribution in [2.24, 2.45) is 0 Å². The number of carbonyl (C=O) groups is 2. The zero-order valence-electron chi connectivity index (χ0n) is 15.8. The number of carbonyl (C=O) groups excluding carboxylic acids is 2. The van der Waals surface area contributed by atoms with E-state index in [1.165, 1.54) is 29.2 Å². The summed E-state index contributed by atoms with van der Waals surface area (Å²) in [6.07, 6.45) is 0.00446. The Morgan fingerprint density at radius 1 is 1.30 bits per heavy atom. The Morgan fingerprint density at radius 2 is 1.89 bits per heavy atom. The Morgan fingerprint density at radius 3 is 2.33 bits per heavy atom. The first-order valence-corrected chi connectivity index (χ1v) is 8.50. The Hall–Kier alpha value is -2.94. The molecule has 0 radical (unpaired) electrons. The van der Waals surface area contributed by atoms with Gasteiger partial charge in [0.2, 0.25) is 5.91 Å². The molecule has 1 amide bonds. The number of hydrogen-bond donors (Lipinski definition) is 0. The van der Waals surface area contributed by atoms with Gasteiger partial charge in [-0.05, 0) is 24.1 Å². The molecule has 0 spiro atoms. The molecule has 146 valence electrons. The molecule has 0 saturated carbocycles. The van der Waals surface area contributed by atoms with Crippen molar-refractivity contribution in [1.82, 2.24) is 4.90 Å². The summed E-state index contributed by atoms with van der Waals surface area (Å²) in [6, 6.07) is 5.54. The number of hydrogen-bond acceptors (Lipinski definition) is 6. The van der Waals surface area contributed by atoms with Crippen LogP contribution in [0.5, 0.6) is 0 Å². The Balaban J connectivity index is 2.17. The maximum atomic E-state index is 12.6. The first kappa shape index (κ1) is 20.4. The van der Waals surface area contributed by atoms with Crippen LogP contribution in [0.3, 0.4) is 0 Å². The summed E-state index contributed by atoms with van der Waals surface area (Å²) >= 11 is 0. The van der Waals surface area contributed by atoms with Gasteiger partial charge >= 0.3 is 5.97 Å². The van der Waals surface area contributed by atoms with Crippen molar-refractivity contribution in [3.8, 4) is 0 Å². The minimum Gasteiger partial charge on any atom is -0.874 e. The molecular formula is C18H23N3O6. The molecule has 0 aromatic heterocycles. The lowest BCUT2D eigenvalue weighted by molar-refractivity contribution is -0.909. The molecule has 1 atom stereocenters. The third-order valence-electron chi connectivity index (χ3n) is 4.35. The van der Waals surface area contributed by atoms with Gasteiger partial charge < -0.3 is 14.3 Å². The number of ether oxygens (including phenoxy) is 1. The number of allylic oxidation sites excluding steroid dienone is 1. The topological polar surface area (TPSA) is 113 Å². The number of nitro benzene ring substituents is 1. The zero-order chi connectivity index (χ0) is 20.4. The van der Waals surface area contributed by atoms with Crippen LogP contribution in [-0.2, 0) is 20.9 Å². The second-order valence-electron chi connectivity index (χ2n) is 7.19. The second-order valence-corrected chi connectivity index (χ2v) is 7.19. The van der Waals surface area contributed by atoms with Crippen molar-refractivity contribution >= 4 is 17.6 Å². The summed E-state index contributed by atoms with van der Waals surface area (Å²) in [7, 11) is 5.63. The van der Waals surface area contributed by atoms with E-state index in [4.69, 9.17) is 4.74 Å². The van der Waals surface area contributed by atoms with E-state index >= 15 is 0 Å². The molecule has 9 nitrogen and oxygen atoms in total. The Bertz CT molecular complexity index is 779. The first-order valence-electron chi connectivity index (χ1n) is 8.50. The summed E-state index contributed by atoms with van der Waals surface area (Å²) < 4.78 is 5.60. The first-order chi connectivity index (χ1) is 12.6. The summed E-state index contributed by atoms with van der Waals surface area (Å²) in [4.78, 5) is 36.0. The number of benzene rings is 1. The molecule has 0 bridgehead atoms. The van der Waals surface area contributed by atoms with Gasteiger partial charge in [0.25, 0.3) is 5.69 Å². The lowest BCUT2D eigenvalue weighted by Crippen LogP contribution is -2.66. The molecule has 0 aliphatic carbocycles. The van der Waals surface area contributed by atoms with E-state index in [9.17, 15) is 24.8 Å². The van der Waals surface area contributed by atoms with Crippen molar-refractivity contribution in [2.75, 3.05) is 21.1 Å². The largest absolute Gasteiger partial charge is 0.874 e. The Labute approximate surface area is 157 Å². The number of non-ortho nitro benzene ring substituents is 1. The van der Waals surface area contributed by atoms with E-state index < -0.39 is 16.7 Å². The van der Waals surface area contributed by atoms with Crippen molar-refractivity contribution in [3.63, 3.8) is 0 Å². The molecule has 1 heterocycles. The molecule has 1 saturated heterocycles. The predicted molar refractivity (Wildman–Crippen MR) is 93.5 cm³/mol. The number of quaternary nitrogens is 1. The number of amides is 1. The highest BCUT2D eigenvalue weighted by atomic mass is 16.6. The molecule has 1 aromatic rings. The summed E-state index contributed by atoms with van der Waals surface area (Å²) in [5, 5.41) is 23.0. The van der Waals surface area contributed by atoms with Crippen LogP contribution in [0.4, 0.5) is 5.69 Å². The second kappa shape index (κ2) is 7.75. The van der Waals surface area contributed by atoms with Crippen LogP contribution in [0.25, 0.3) is 0 Å². The lowest BCUT2D eigenvalue weighted by Gasteiger charge is -2.48. The number of rotatable bonds is 7. The predicted octanol–water partition coefficient (Wildman–Crippen LogP) is 0.884. The number of nitrogens with zero attached hydrogens (tertiary/aromatic N) is 3. The van der Waals surface area contributed by atoms with Crippen LogP contribution < -0.4 is 5.11 Å². The van der Waals surface area contributed by atoms with Gasteiger partial charge in [-0.25, -0.2) is 4.79 Å². The Kier molecular flexibility index (Phi) is 5.85. The number of β-lactam (4-membered cyclic amide) rings is 1. The normalized spacial score (nSPS) is 17.9. The van der Waals surface area contributed by atoms with Crippen molar-refractivity contribution in [1.29, 1.82) is 0 Å². The third-order valence-corrected chi connectivity index (χ3v) is 4.35. The van der Waals surface area contributed by atoms with E-state index in [0.717, 1.165) is 0 Å². The minimum atomic E-state index is -0.869. The highest BCUT2D eigenvalue weighted by molar-refractivity contribution is 5.97. The summed E-state index contributed by atoms with van der Waals surface area (Å²) in [6.45, 7) is 1.45. The summed E-state index contributed by atoms with van der Waals surface area (Å²) in [5.74, 6) is -1.63. The number of nitro groups is 1. The average Bonchev–Trinajstić information content (AvgIpc) is 2.60. The van der Waals surface area contributed by atoms with Crippen LogP contribution in [0.15, 0.2) is 35.7 Å². The molecule has 1 aliphatic rings. The van der Waals surface area contributed by atoms with Gasteiger partial charge in [0.15, 0.2) is 6.17 Å². The smallest absolute Gasteiger partial charge is 0.354 e. The molecule has 1 fully saturated rings. The highest BCUT2D eigenvalue weighted by Gasteiger charge is 2.48. The number of likely N-dealkylation sites (tertiary alicyclic amines) is 1. The van der Waals surface area contributed by atoms with Crippen LogP contribution in [0.1, 0.15) is 25.3 Å². The highest BCUT2D eigenvalue weighted by Crippen LogP contribution is 2.31. The molecular weight excluding hydrogens is 354 g/mol. The average molecular weight is 377 g/mol. The quantitative estimate of drug-likeness (QED) is 0.133. The fourth-order valence-corrected chi connectivity index (χ4v) is 2.74. The lowest BCUT2D eigenvalue weighted by atomic mass is 10.0. The van der Waals surface area contributed by atoms with Crippen LogP contribution in [-0.4, -0.2) is 53.5 Å². The maximum Gasteiger partial charge on any atom is 0.354 e. The van der Waals surface area contributed by atoms with Crippen molar-refractivity contribution in [2.45, 2.75) is 32.5 Å². The molecule has 0 N–H and O–H groups in total. The van der Waals surface area contributed by atoms with Gasteiger partial charge in [0, 0.05) is 12.1 Å². The van der Waals surface area contributed by atoms with Gasteiger partial charge in [-0.3, -0.25) is 19.8 Å². The third kappa shape index (κ3) is 4.43. The van der Waals surface area contributed by atoms with Crippen molar-refractivity contribution < 1.29 is 28.8 Å². The standard InChI is InChI=1S/C18H23N3O6/c1-5-14(22)17(19-15(10-16(19)23)21(2,3)4)18(24)27-11-12-6-8-13(9-7-12)20(25)26/h6-9,15H,5,10-11H2,1-4H3. The molecule has 1 aliphatic heterocycles. The van der Waals surface area contributed by atoms with Gasteiger partial charge in [0.05, 0.1) is 26.1 Å². The monoisotopic (exact) mass is 377 g/mol. The van der Waals surface area contributed by atoms with Crippen molar-refractivity contribution in [3.05, 3.63) is 51.4 Å². The molecule has 1 unspecified atom stereocenters. The molecule has 27 heavy (non-hydrogen) atoms. The molecule has 1 aromatic carbocycles. The van der Waals surface area contributed by atoms with E-state index in [1.54, 1.807) is 6.92 Å². The molecule has 2 rings (SSSR count). The van der Waals surface area contributed by atoms with Crippen LogP contribution in [0, 0.1) is 10.1 Å². The van der Waals surface area contributed by atoms with Crippen LogP contribution in [0.2, 0.25) is 0 Å².